The van der Waals surface area contributed by atoms with Gasteiger partial charge in [-0.15, -0.1) is 0 Å². The van der Waals surface area contributed by atoms with Gasteiger partial charge in [0.15, 0.2) is 17.3 Å². The maximum atomic E-state index is 12.7. The van der Waals surface area contributed by atoms with Gasteiger partial charge in [-0.25, -0.2) is 0 Å². The summed E-state index contributed by atoms with van der Waals surface area (Å²) in [6.45, 7) is 1.01. The predicted molar refractivity (Wildman–Crippen MR) is 106 cm³/mol. The number of carbonyl (C=O) groups is 1. The Labute approximate surface area is 162 Å². The van der Waals surface area contributed by atoms with Crippen LogP contribution in [-0.2, 0) is 6.42 Å². The summed E-state index contributed by atoms with van der Waals surface area (Å²) in [4.78, 5) is 12.7. The molecule has 7 heteroatoms. The van der Waals surface area contributed by atoms with Crippen LogP contribution in [0.2, 0.25) is 0 Å². The first-order valence-corrected chi connectivity index (χ1v) is 9.13. The average molecular weight is 378 g/mol. The Balaban J connectivity index is 1.45. The van der Waals surface area contributed by atoms with Gasteiger partial charge in [0.25, 0.3) is 5.91 Å². The molecular formula is C21H22N4O3. The van der Waals surface area contributed by atoms with Gasteiger partial charge in [-0.05, 0) is 23.6 Å². The molecule has 1 aliphatic rings. The van der Waals surface area contributed by atoms with E-state index >= 15 is 0 Å². The highest BCUT2D eigenvalue weighted by Gasteiger charge is 2.24. The lowest BCUT2D eigenvalue weighted by Gasteiger charge is -2.26. The first kappa shape index (κ1) is 17.9. The number of benzene rings is 2. The molecule has 28 heavy (non-hydrogen) atoms. The molecule has 1 amide bonds. The number of nitrogen functional groups attached to an aromatic ring is 1. The zero-order valence-corrected chi connectivity index (χ0v) is 15.6. The fourth-order valence-corrected chi connectivity index (χ4v) is 3.49. The Morgan fingerprint density at radius 2 is 2.11 bits per heavy atom. The van der Waals surface area contributed by atoms with Crippen molar-refractivity contribution in [3.05, 3.63) is 59.8 Å². The lowest BCUT2D eigenvalue weighted by atomic mass is 9.96. The summed E-state index contributed by atoms with van der Waals surface area (Å²) >= 11 is 0. The molecule has 0 aliphatic carbocycles. The van der Waals surface area contributed by atoms with Gasteiger partial charge in [-0.2, -0.15) is 5.10 Å². The molecule has 144 valence electrons. The number of hydrogen-bond acceptors (Lipinski definition) is 5. The molecule has 0 saturated heterocycles. The number of fused-ring (bicyclic) bond motifs is 1. The van der Waals surface area contributed by atoms with Crippen LogP contribution in [0.15, 0.2) is 48.5 Å². The molecule has 4 rings (SSSR count). The fourth-order valence-electron chi connectivity index (χ4n) is 3.49. The quantitative estimate of drug-likeness (QED) is 0.633. The Morgan fingerprint density at radius 3 is 2.89 bits per heavy atom. The number of aromatic nitrogens is 2. The number of nitrogens with one attached hydrogen (secondary N) is 2. The number of H-pyrrole nitrogens is 1. The molecule has 2 heterocycles. The van der Waals surface area contributed by atoms with Gasteiger partial charge in [-0.3, -0.25) is 9.89 Å². The molecule has 0 saturated carbocycles. The molecule has 1 aromatic heterocycles. The number of aromatic amines is 1. The Bertz CT molecular complexity index is 985. The number of carbonyl (C=O) groups excluding carboxylic acids is 1. The van der Waals surface area contributed by atoms with Crippen LogP contribution in [0.5, 0.6) is 11.5 Å². The summed E-state index contributed by atoms with van der Waals surface area (Å²) in [7, 11) is 1.63. The number of nitrogens with zero attached hydrogens (tertiary/aromatic N) is 1. The second-order valence-corrected chi connectivity index (χ2v) is 6.76. The molecule has 0 fully saturated rings. The zero-order valence-electron chi connectivity index (χ0n) is 15.6. The summed E-state index contributed by atoms with van der Waals surface area (Å²) in [5.74, 6) is 1.77. The van der Waals surface area contributed by atoms with Gasteiger partial charge < -0.3 is 20.5 Å². The van der Waals surface area contributed by atoms with Gasteiger partial charge in [-0.1, -0.05) is 42.5 Å². The smallest absolute Gasteiger partial charge is 0.270 e. The van der Waals surface area contributed by atoms with E-state index in [4.69, 9.17) is 15.2 Å². The monoisotopic (exact) mass is 378 g/mol. The van der Waals surface area contributed by atoms with Crippen LogP contribution in [0.4, 0.5) is 5.82 Å². The van der Waals surface area contributed by atoms with Crippen LogP contribution in [0.1, 0.15) is 16.1 Å². The first-order valence-electron chi connectivity index (χ1n) is 9.13. The number of hydrogen-bond donors (Lipinski definition) is 3. The number of para-hydroxylation sites is 1. The number of rotatable bonds is 5. The molecule has 1 atom stereocenters. The first-order chi connectivity index (χ1) is 13.7. The van der Waals surface area contributed by atoms with Crippen molar-refractivity contribution in [3.8, 4) is 22.6 Å². The van der Waals surface area contributed by atoms with Crippen LogP contribution in [-0.4, -0.2) is 36.4 Å². The highest BCUT2D eigenvalue weighted by molar-refractivity contribution is 6.01. The Morgan fingerprint density at radius 1 is 1.29 bits per heavy atom. The van der Waals surface area contributed by atoms with Crippen LogP contribution < -0.4 is 20.5 Å². The van der Waals surface area contributed by atoms with E-state index in [2.05, 4.69) is 15.5 Å². The number of nitrogens with two attached hydrogens (primary N) is 1. The third kappa shape index (κ3) is 3.38. The summed E-state index contributed by atoms with van der Waals surface area (Å²) in [5.41, 5.74) is 8.89. The van der Waals surface area contributed by atoms with Gasteiger partial charge in [0.05, 0.1) is 19.3 Å². The van der Waals surface area contributed by atoms with E-state index < -0.39 is 0 Å². The van der Waals surface area contributed by atoms with E-state index in [0.717, 1.165) is 29.0 Å². The molecule has 0 radical (unpaired) electrons. The van der Waals surface area contributed by atoms with E-state index in [9.17, 15) is 4.79 Å². The van der Waals surface area contributed by atoms with Crippen molar-refractivity contribution in [1.82, 2.24) is 15.5 Å². The van der Waals surface area contributed by atoms with Gasteiger partial charge >= 0.3 is 0 Å². The SMILES string of the molecule is COc1cccc2c1OC[C@@H](CNC(=O)c1[nH]nc(N)c1-c1ccccc1)C2. The Kier molecular flexibility index (Phi) is 4.89. The fraction of sp³-hybridized carbons (Fsp3) is 0.238. The number of methoxy groups -OCH3 is 1. The minimum absolute atomic E-state index is 0.170. The maximum absolute atomic E-state index is 12.7. The molecule has 0 bridgehead atoms. The predicted octanol–water partition coefficient (Wildman–Crippen LogP) is 2.65. The van der Waals surface area contributed by atoms with Crippen molar-refractivity contribution in [2.75, 3.05) is 26.0 Å². The van der Waals surface area contributed by atoms with Gasteiger partial charge in [0, 0.05) is 12.5 Å². The molecule has 0 spiro atoms. The maximum Gasteiger partial charge on any atom is 0.270 e. The molecule has 3 aromatic rings. The molecule has 0 unspecified atom stereocenters. The number of anilines is 1. The molecule has 7 nitrogen and oxygen atoms in total. The standard InChI is InChI=1S/C21H22N4O3/c1-27-16-9-5-8-15-10-13(12-28-19(15)16)11-23-21(26)18-17(20(22)25-24-18)14-6-3-2-4-7-14/h2-9,13H,10-12H2,1H3,(H,23,26)(H3,22,24,25)/t13-/m1/s1. The topological polar surface area (TPSA) is 102 Å². The Hall–Kier alpha value is -3.48. The summed E-state index contributed by atoms with van der Waals surface area (Å²) in [6.07, 6.45) is 0.809. The van der Waals surface area contributed by atoms with Crippen molar-refractivity contribution in [2.45, 2.75) is 6.42 Å². The van der Waals surface area contributed by atoms with Crippen molar-refractivity contribution in [1.29, 1.82) is 0 Å². The number of ether oxygens (including phenoxy) is 2. The normalized spacial score (nSPS) is 15.4. The third-order valence-electron chi connectivity index (χ3n) is 4.89. The van der Waals surface area contributed by atoms with Crippen molar-refractivity contribution >= 4 is 11.7 Å². The van der Waals surface area contributed by atoms with Crippen LogP contribution in [0.3, 0.4) is 0 Å². The molecule has 2 aromatic carbocycles. The number of amides is 1. The third-order valence-corrected chi connectivity index (χ3v) is 4.89. The van der Waals surface area contributed by atoms with Crippen molar-refractivity contribution < 1.29 is 14.3 Å². The minimum atomic E-state index is -0.237. The molecular weight excluding hydrogens is 356 g/mol. The highest BCUT2D eigenvalue weighted by atomic mass is 16.5. The lowest BCUT2D eigenvalue weighted by Crippen LogP contribution is -2.35. The largest absolute Gasteiger partial charge is 0.493 e. The zero-order chi connectivity index (χ0) is 19.5. The van der Waals surface area contributed by atoms with Crippen LogP contribution in [0.25, 0.3) is 11.1 Å². The molecule has 1 aliphatic heterocycles. The molecule has 4 N–H and O–H groups in total. The highest BCUT2D eigenvalue weighted by Crippen LogP contribution is 2.36. The van der Waals surface area contributed by atoms with E-state index in [-0.39, 0.29) is 11.8 Å². The van der Waals surface area contributed by atoms with Gasteiger partial charge in [0.2, 0.25) is 0 Å². The average Bonchev–Trinajstić information content (AvgIpc) is 3.13. The minimum Gasteiger partial charge on any atom is -0.493 e. The second kappa shape index (κ2) is 7.64. The van der Waals surface area contributed by atoms with E-state index in [0.29, 0.717) is 30.2 Å². The van der Waals surface area contributed by atoms with Crippen molar-refractivity contribution in [3.63, 3.8) is 0 Å². The van der Waals surface area contributed by atoms with E-state index in [1.54, 1.807) is 7.11 Å². The van der Waals surface area contributed by atoms with Gasteiger partial charge in [0.1, 0.15) is 5.69 Å². The second-order valence-electron chi connectivity index (χ2n) is 6.76. The van der Waals surface area contributed by atoms with Crippen LogP contribution in [0, 0.1) is 5.92 Å². The lowest BCUT2D eigenvalue weighted by molar-refractivity contribution is 0.0934. The van der Waals surface area contributed by atoms with E-state index in [1.165, 1.54) is 0 Å². The van der Waals surface area contributed by atoms with E-state index in [1.807, 2.05) is 48.5 Å². The van der Waals surface area contributed by atoms with Crippen molar-refractivity contribution in [2.24, 2.45) is 5.92 Å². The van der Waals surface area contributed by atoms with Crippen LogP contribution >= 0.6 is 0 Å². The summed E-state index contributed by atoms with van der Waals surface area (Å²) in [5, 5.41) is 9.74. The summed E-state index contributed by atoms with van der Waals surface area (Å²) in [6, 6.07) is 15.4. The summed E-state index contributed by atoms with van der Waals surface area (Å²) < 4.78 is 11.2.